The fourth-order valence-electron chi connectivity index (χ4n) is 4.84. The molecule has 0 fully saturated rings. The molecule has 2 atom stereocenters. The minimum atomic E-state index is -4.49. The highest BCUT2D eigenvalue weighted by Gasteiger charge is 2.33. The third kappa shape index (κ3) is 13.4. The van der Waals surface area contributed by atoms with Crippen LogP contribution in [0, 0.1) is 5.82 Å². The molecular formula is C35H43Cl2FN4O8S. The van der Waals surface area contributed by atoms with E-state index in [1.165, 1.54) is 4.90 Å². The summed E-state index contributed by atoms with van der Waals surface area (Å²) < 4.78 is 59.1. The van der Waals surface area contributed by atoms with Crippen molar-refractivity contribution in [2.45, 2.75) is 70.0 Å². The van der Waals surface area contributed by atoms with Crippen molar-refractivity contribution in [3.05, 3.63) is 99.8 Å². The van der Waals surface area contributed by atoms with E-state index < -0.39 is 63.6 Å². The molecule has 0 aliphatic rings. The van der Waals surface area contributed by atoms with E-state index in [9.17, 15) is 27.2 Å². The fourth-order valence-corrected chi connectivity index (χ4v) is 6.52. The summed E-state index contributed by atoms with van der Waals surface area (Å²) in [5.41, 5.74) is 1.32. The van der Waals surface area contributed by atoms with Gasteiger partial charge in [-0.05, 0) is 69.2 Å². The first-order chi connectivity index (χ1) is 24.2. The molecule has 3 N–H and O–H groups in total. The number of ether oxygens (including phenoxy) is 3. The lowest BCUT2D eigenvalue weighted by atomic mass is 10.0. The van der Waals surface area contributed by atoms with E-state index in [0.29, 0.717) is 29.4 Å². The molecule has 16 heteroatoms. The number of nitrogens with one attached hydrogen (secondary N) is 3. The summed E-state index contributed by atoms with van der Waals surface area (Å²) in [4.78, 5) is 42.0. The Labute approximate surface area is 308 Å². The van der Waals surface area contributed by atoms with Gasteiger partial charge in [0.25, 0.3) is 0 Å². The molecule has 0 aliphatic heterocycles. The molecule has 3 amide bonds. The van der Waals surface area contributed by atoms with E-state index >= 15 is 0 Å². The summed E-state index contributed by atoms with van der Waals surface area (Å²) in [7, 11) is -4.49. The predicted molar refractivity (Wildman–Crippen MR) is 191 cm³/mol. The molecule has 3 aromatic rings. The van der Waals surface area contributed by atoms with Gasteiger partial charge < -0.3 is 29.7 Å². The van der Waals surface area contributed by atoms with Crippen LogP contribution in [0.4, 0.5) is 9.18 Å². The molecule has 12 nitrogen and oxygen atoms in total. The Morgan fingerprint density at radius 1 is 0.863 bits per heavy atom. The van der Waals surface area contributed by atoms with Crippen LogP contribution in [0.15, 0.2) is 77.7 Å². The molecule has 2 unspecified atom stereocenters. The molecule has 3 rings (SSSR count). The van der Waals surface area contributed by atoms with Crippen LogP contribution in [0.3, 0.4) is 0 Å². The van der Waals surface area contributed by atoms with Crippen molar-refractivity contribution in [3.8, 4) is 0 Å². The van der Waals surface area contributed by atoms with E-state index in [1.54, 1.807) is 82.3 Å². The first kappa shape index (κ1) is 41.6. The van der Waals surface area contributed by atoms with Crippen LogP contribution in [0.5, 0.6) is 0 Å². The van der Waals surface area contributed by atoms with Crippen LogP contribution in [-0.4, -0.2) is 81.9 Å². The average Bonchev–Trinajstić information content (AvgIpc) is 3.09. The maximum atomic E-state index is 14.2. The number of nitrogens with zero attached hydrogens (tertiary/aromatic N) is 1. The molecule has 0 saturated carbocycles. The average molecular weight is 770 g/mol. The summed E-state index contributed by atoms with van der Waals surface area (Å²) in [6, 6.07) is 15.0. The zero-order valence-corrected chi connectivity index (χ0v) is 31.1. The van der Waals surface area contributed by atoms with Gasteiger partial charge in [-0.1, -0.05) is 65.7 Å². The lowest BCUT2D eigenvalue weighted by Gasteiger charge is -2.34. The molecular weight excluding hydrogens is 726 g/mol. The fraction of sp³-hybridized carbons (Fsp3) is 0.400. The number of carbonyl (C=O) groups is 3. The highest BCUT2D eigenvalue weighted by Crippen LogP contribution is 2.22. The Kier molecular flexibility index (Phi) is 16.6. The summed E-state index contributed by atoms with van der Waals surface area (Å²) in [6.07, 6.45) is -1.77. The second kappa shape index (κ2) is 20.3. The standard InChI is InChI=1S/C35H43Cl2FN4O8S/c1-5-48-32(49-6-2)21-42(23(3)4)34(44)29(18-24-12-14-26(36)15-13-24)40-33(43)30(41-35(45)50-22-25-10-8-7-9-11-25)20-39-51(46,47)31-19-27(38)16-17-28(31)37/h7-17,19,23,29-30,32,39H,5-6,18,20-22H2,1-4H3,(H,40,43)(H,41,45). The van der Waals surface area contributed by atoms with Gasteiger partial charge in [-0.15, -0.1) is 0 Å². The molecule has 0 bridgehead atoms. The number of amides is 3. The van der Waals surface area contributed by atoms with Crippen LogP contribution in [0.25, 0.3) is 0 Å². The van der Waals surface area contributed by atoms with Gasteiger partial charge in [0.1, 0.15) is 29.4 Å². The zero-order chi connectivity index (χ0) is 37.6. The smallest absolute Gasteiger partial charge is 0.408 e. The van der Waals surface area contributed by atoms with Crippen molar-refractivity contribution in [3.63, 3.8) is 0 Å². The molecule has 0 aliphatic carbocycles. The van der Waals surface area contributed by atoms with Gasteiger partial charge in [0.05, 0.1) is 11.6 Å². The molecule has 0 radical (unpaired) electrons. The predicted octanol–water partition coefficient (Wildman–Crippen LogP) is 5.07. The molecule has 0 saturated heterocycles. The first-order valence-corrected chi connectivity index (χ1v) is 18.5. The Bertz CT molecular complexity index is 1700. The van der Waals surface area contributed by atoms with Crippen LogP contribution < -0.4 is 15.4 Å². The van der Waals surface area contributed by atoms with Crippen LogP contribution in [-0.2, 0) is 46.9 Å². The van der Waals surface area contributed by atoms with E-state index in [0.717, 1.165) is 18.2 Å². The number of benzene rings is 3. The van der Waals surface area contributed by atoms with E-state index in [4.69, 9.17) is 37.4 Å². The monoisotopic (exact) mass is 768 g/mol. The highest BCUT2D eigenvalue weighted by atomic mass is 35.5. The number of hydrogen-bond donors (Lipinski definition) is 3. The lowest BCUT2D eigenvalue weighted by molar-refractivity contribution is -0.163. The summed E-state index contributed by atoms with van der Waals surface area (Å²) >= 11 is 12.1. The second-order valence-electron chi connectivity index (χ2n) is 11.5. The summed E-state index contributed by atoms with van der Waals surface area (Å²) in [6.45, 7) is 7.05. The maximum Gasteiger partial charge on any atom is 0.408 e. The molecule has 0 heterocycles. The number of sulfonamides is 1. The van der Waals surface area contributed by atoms with Crippen molar-refractivity contribution >= 4 is 51.1 Å². The lowest BCUT2D eigenvalue weighted by Crippen LogP contribution is -2.59. The van der Waals surface area contributed by atoms with Crippen molar-refractivity contribution in [1.82, 2.24) is 20.3 Å². The normalized spacial score (nSPS) is 12.7. The van der Waals surface area contributed by atoms with Gasteiger partial charge in [-0.2, -0.15) is 0 Å². The second-order valence-corrected chi connectivity index (χ2v) is 14.1. The van der Waals surface area contributed by atoms with Crippen molar-refractivity contribution in [1.29, 1.82) is 0 Å². The molecule has 0 spiro atoms. The molecule has 51 heavy (non-hydrogen) atoms. The number of halogens is 3. The number of alkyl carbamates (subject to hydrolysis) is 1. The van der Waals surface area contributed by atoms with Crippen molar-refractivity contribution < 1.29 is 41.4 Å². The van der Waals surface area contributed by atoms with Crippen molar-refractivity contribution in [2.75, 3.05) is 26.3 Å². The molecule has 0 aromatic heterocycles. The van der Waals surface area contributed by atoms with Gasteiger partial charge >= 0.3 is 6.09 Å². The van der Waals surface area contributed by atoms with Crippen LogP contribution >= 0.6 is 23.2 Å². The quantitative estimate of drug-likeness (QED) is 0.143. The molecule has 3 aromatic carbocycles. The van der Waals surface area contributed by atoms with Gasteiger partial charge in [0.15, 0.2) is 6.29 Å². The topological polar surface area (TPSA) is 152 Å². The third-order valence-corrected chi connectivity index (χ3v) is 9.56. The first-order valence-electron chi connectivity index (χ1n) is 16.2. The van der Waals surface area contributed by atoms with Gasteiger partial charge in [-0.25, -0.2) is 22.3 Å². The van der Waals surface area contributed by atoms with E-state index in [2.05, 4.69) is 15.4 Å². The number of hydrogen-bond acceptors (Lipinski definition) is 8. The largest absolute Gasteiger partial charge is 0.445 e. The van der Waals surface area contributed by atoms with Gasteiger partial charge in [0.2, 0.25) is 21.8 Å². The molecule has 278 valence electrons. The minimum absolute atomic E-state index is 0.00863. The number of rotatable bonds is 19. The summed E-state index contributed by atoms with van der Waals surface area (Å²) in [5, 5.41) is 5.28. The SMILES string of the molecule is CCOC(CN(C(=O)C(Cc1ccc(Cl)cc1)NC(=O)C(CNS(=O)(=O)c1cc(F)ccc1Cl)NC(=O)OCc1ccccc1)C(C)C)OCC. The van der Waals surface area contributed by atoms with Crippen molar-refractivity contribution in [2.24, 2.45) is 0 Å². The summed E-state index contributed by atoms with van der Waals surface area (Å²) in [5.74, 6) is -2.26. The highest BCUT2D eigenvalue weighted by molar-refractivity contribution is 7.89. The zero-order valence-electron chi connectivity index (χ0n) is 28.7. The third-order valence-electron chi connectivity index (χ3n) is 7.41. The Morgan fingerprint density at radius 2 is 1.51 bits per heavy atom. The van der Waals surface area contributed by atoms with Gasteiger partial charge in [0, 0.05) is 37.2 Å². The van der Waals surface area contributed by atoms with Crippen LogP contribution in [0.1, 0.15) is 38.8 Å². The maximum absolute atomic E-state index is 14.2. The minimum Gasteiger partial charge on any atom is -0.445 e. The number of carbonyl (C=O) groups excluding carboxylic acids is 3. The Hall–Kier alpha value is -3.79. The Morgan fingerprint density at radius 3 is 2.12 bits per heavy atom. The Balaban J connectivity index is 1.93. The van der Waals surface area contributed by atoms with E-state index in [1.807, 2.05) is 0 Å². The van der Waals surface area contributed by atoms with Gasteiger partial charge in [-0.3, -0.25) is 9.59 Å². The van der Waals surface area contributed by atoms with Crippen LogP contribution in [0.2, 0.25) is 10.0 Å². The van der Waals surface area contributed by atoms with E-state index in [-0.39, 0.29) is 30.6 Å².